The number of aromatic nitrogens is 5. The average molecular weight is 637 g/mol. The van der Waals surface area contributed by atoms with Gasteiger partial charge in [-0.25, -0.2) is 4.99 Å². The number of benzene rings is 2. The molecule has 1 fully saturated rings. The van der Waals surface area contributed by atoms with Crippen molar-refractivity contribution < 1.29 is 23.0 Å². The summed E-state index contributed by atoms with van der Waals surface area (Å²) in [6, 6.07) is 11.8. The first-order chi connectivity index (χ1) is 22.2. The summed E-state index contributed by atoms with van der Waals surface area (Å²) < 4.78 is 45.1. The first-order valence-electron chi connectivity index (χ1n) is 14.4. The van der Waals surface area contributed by atoms with Gasteiger partial charge in [0.1, 0.15) is 5.69 Å². The van der Waals surface area contributed by atoms with Gasteiger partial charge in [-0.2, -0.15) is 38.1 Å². The number of ether oxygens (including phenoxy) is 1. The van der Waals surface area contributed by atoms with Crippen molar-refractivity contribution in [3.63, 3.8) is 0 Å². The average Bonchev–Trinajstić information content (AvgIpc) is 3.24. The molecule has 0 bridgehead atoms. The van der Waals surface area contributed by atoms with Crippen molar-refractivity contribution in [1.29, 1.82) is 0 Å². The van der Waals surface area contributed by atoms with E-state index in [0.29, 0.717) is 67.5 Å². The molecule has 0 radical (unpaired) electrons. The number of rotatable bonds is 8. The van der Waals surface area contributed by atoms with Gasteiger partial charge in [0.25, 0.3) is 0 Å². The van der Waals surface area contributed by atoms with Crippen molar-refractivity contribution in [1.82, 2.24) is 24.9 Å². The molecule has 2 aromatic carbocycles. The number of morpholine rings is 1. The molecule has 0 amide bonds. The van der Waals surface area contributed by atoms with Gasteiger partial charge in [0.15, 0.2) is 11.6 Å². The summed E-state index contributed by atoms with van der Waals surface area (Å²) in [6.45, 7) is 2.57. The van der Waals surface area contributed by atoms with Crippen molar-refractivity contribution in [2.75, 3.05) is 71.8 Å². The number of nitrogen functional groups attached to an aromatic ring is 2. The maximum absolute atomic E-state index is 13.2. The molecule has 1 unspecified atom stereocenters. The minimum absolute atomic E-state index is 0.0613. The third-order valence-corrected chi connectivity index (χ3v) is 7.31. The highest BCUT2D eigenvalue weighted by Crippen LogP contribution is 2.38. The highest BCUT2D eigenvalue weighted by Gasteiger charge is 2.31. The number of anilines is 7. The summed E-state index contributed by atoms with van der Waals surface area (Å²) in [7, 11) is 0. The van der Waals surface area contributed by atoms with E-state index in [1.54, 1.807) is 0 Å². The highest BCUT2D eigenvalue weighted by molar-refractivity contribution is 6.05. The summed E-state index contributed by atoms with van der Waals surface area (Å²) >= 11 is 0. The zero-order valence-corrected chi connectivity index (χ0v) is 24.4. The van der Waals surface area contributed by atoms with Crippen LogP contribution in [0, 0.1) is 0 Å². The number of alkyl halides is 3. The van der Waals surface area contributed by atoms with Crippen molar-refractivity contribution in [2.45, 2.75) is 18.6 Å². The number of hydrogen-bond donors (Lipinski definition) is 6. The Balaban J connectivity index is 1.28. The monoisotopic (exact) mass is 636 g/mol. The normalized spacial score (nSPS) is 16.6. The molecule has 46 heavy (non-hydrogen) atoms. The predicted octanol–water partition coefficient (Wildman–Crippen LogP) is 3.51. The Morgan fingerprint density at radius 2 is 1.65 bits per heavy atom. The molecule has 14 nitrogen and oxygen atoms in total. The molecule has 6 rings (SSSR count). The molecule has 1 atom stereocenters. The van der Waals surface area contributed by atoms with Crippen LogP contribution >= 0.6 is 0 Å². The topological polar surface area (TPSA) is 198 Å². The Labute approximate surface area is 261 Å². The molecule has 1 saturated heterocycles. The van der Waals surface area contributed by atoms with Gasteiger partial charge in [0.2, 0.25) is 23.8 Å². The minimum Gasteiger partial charge on any atom is -0.395 e. The Bertz CT molecular complexity index is 1710. The molecule has 8 N–H and O–H groups in total. The van der Waals surface area contributed by atoms with Gasteiger partial charge in [-0.05, 0) is 35.4 Å². The number of aliphatic hydroxyl groups excluding tert-OH is 1. The third-order valence-electron chi connectivity index (χ3n) is 7.31. The molecule has 4 aromatic rings. The van der Waals surface area contributed by atoms with Crippen LogP contribution in [0.1, 0.15) is 29.2 Å². The van der Waals surface area contributed by atoms with Crippen LogP contribution in [0.4, 0.5) is 60.0 Å². The van der Waals surface area contributed by atoms with Crippen molar-refractivity contribution in [2.24, 2.45) is 4.99 Å². The Morgan fingerprint density at radius 3 is 2.35 bits per heavy atom. The van der Waals surface area contributed by atoms with Gasteiger partial charge in [0, 0.05) is 31.7 Å². The Kier molecular flexibility index (Phi) is 8.67. The maximum atomic E-state index is 13.2. The molecule has 4 heterocycles. The van der Waals surface area contributed by atoms with Crippen LogP contribution < -0.4 is 32.3 Å². The van der Waals surface area contributed by atoms with Crippen LogP contribution in [0.3, 0.4) is 0 Å². The maximum Gasteiger partial charge on any atom is 0.416 e. The van der Waals surface area contributed by atoms with Crippen LogP contribution in [0.5, 0.6) is 0 Å². The summed E-state index contributed by atoms with van der Waals surface area (Å²) in [5.74, 6) is 1.38. The zero-order chi connectivity index (χ0) is 32.3. The molecule has 0 saturated carbocycles. The van der Waals surface area contributed by atoms with E-state index in [1.165, 1.54) is 12.1 Å². The summed E-state index contributed by atoms with van der Waals surface area (Å²) in [4.78, 5) is 28.6. The highest BCUT2D eigenvalue weighted by atomic mass is 19.4. The van der Waals surface area contributed by atoms with Crippen molar-refractivity contribution >= 4 is 52.5 Å². The zero-order valence-electron chi connectivity index (χ0n) is 24.4. The van der Waals surface area contributed by atoms with E-state index < -0.39 is 17.8 Å². The van der Waals surface area contributed by atoms with Crippen LogP contribution in [0.25, 0.3) is 0 Å². The lowest BCUT2D eigenvalue weighted by Gasteiger charge is -2.27. The number of aliphatic imine (C=N–C) groups is 1. The predicted molar refractivity (Wildman–Crippen MR) is 168 cm³/mol. The van der Waals surface area contributed by atoms with Crippen LogP contribution in [0.2, 0.25) is 0 Å². The molecular weight excluding hydrogens is 605 g/mol. The number of hydrogen-bond acceptors (Lipinski definition) is 14. The van der Waals surface area contributed by atoms with E-state index in [4.69, 9.17) is 21.2 Å². The molecule has 17 heteroatoms. The Morgan fingerprint density at radius 1 is 0.935 bits per heavy atom. The fraction of sp³-hybridized carbons (Fsp3) is 0.310. The number of fused-ring (bicyclic) bond motifs is 1. The molecule has 0 aliphatic carbocycles. The fourth-order valence-corrected chi connectivity index (χ4v) is 5.03. The first-order valence-corrected chi connectivity index (χ1v) is 14.4. The van der Waals surface area contributed by atoms with Gasteiger partial charge in [-0.3, -0.25) is 0 Å². The SMILES string of the molecule is Nc1nc(N)c2c(n1)NC(c1ccc(C(F)(F)F)cc1)CC(c1ccc(Nc3nc(NCCO)nc(N4CCOCC4)n3)cc1)=N2. The van der Waals surface area contributed by atoms with E-state index in [9.17, 15) is 18.3 Å². The minimum atomic E-state index is -4.45. The molecule has 2 aliphatic heterocycles. The summed E-state index contributed by atoms with van der Waals surface area (Å²) in [5, 5.41) is 18.7. The van der Waals surface area contributed by atoms with Gasteiger partial charge >= 0.3 is 6.18 Å². The lowest BCUT2D eigenvalue weighted by Crippen LogP contribution is -2.37. The molecule has 2 aliphatic rings. The number of aliphatic hydroxyl groups is 1. The summed E-state index contributed by atoms with van der Waals surface area (Å²) in [5.41, 5.74) is 14.2. The van der Waals surface area contributed by atoms with Gasteiger partial charge in [-0.1, -0.05) is 24.3 Å². The quantitative estimate of drug-likeness (QED) is 0.164. The first kappa shape index (κ1) is 30.7. The standard InChI is InChI=1S/C29H31F3N12O2/c30-29(31,32)18-5-1-16(2-6-18)21-15-20(37-22-23(33)39-25(34)40-24(22)38-21)17-3-7-19(8-4-17)36-27-41-26(35-9-12-45)42-28(43-27)44-10-13-46-14-11-44/h1-8,21,45H,9-15H2,(H5,33,34,38,39,40)(H2,35,36,41,42,43). The lowest BCUT2D eigenvalue weighted by molar-refractivity contribution is -0.137. The van der Waals surface area contributed by atoms with Crippen LogP contribution in [-0.2, 0) is 10.9 Å². The number of nitrogens with two attached hydrogens (primary N) is 2. The van der Waals surface area contributed by atoms with Crippen molar-refractivity contribution in [3.05, 3.63) is 65.2 Å². The molecular formula is C29H31F3N12O2. The van der Waals surface area contributed by atoms with E-state index in [2.05, 4.69) is 40.9 Å². The van der Waals surface area contributed by atoms with Crippen molar-refractivity contribution in [3.8, 4) is 0 Å². The number of nitrogens with zero attached hydrogens (tertiary/aromatic N) is 7. The third kappa shape index (κ3) is 7.00. The van der Waals surface area contributed by atoms with Crippen LogP contribution in [-0.4, -0.2) is 75.2 Å². The summed E-state index contributed by atoms with van der Waals surface area (Å²) in [6.07, 6.45) is -4.16. The van der Waals surface area contributed by atoms with E-state index >= 15 is 0 Å². The second-order valence-corrected chi connectivity index (χ2v) is 10.5. The van der Waals surface area contributed by atoms with Crippen LogP contribution in [0.15, 0.2) is 53.5 Å². The number of nitrogens with one attached hydrogen (secondary N) is 3. The number of halogens is 3. The van der Waals surface area contributed by atoms with E-state index in [0.717, 1.165) is 17.7 Å². The fourth-order valence-electron chi connectivity index (χ4n) is 5.03. The van der Waals surface area contributed by atoms with Gasteiger partial charge < -0.3 is 42.2 Å². The van der Waals surface area contributed by atoms with E-state index in [-0.39, 0.29) is 36.4 Å². The Hall–Kier alpha value is -5.29. The van der Waals surface area contributed by atoms with Gasteiger partial charge in [-0.15, -0.1) is 0 Å². The second-order valence-electron chi connectivity index (χ2n) is 10.5. The molecule has 2 aromatic heterocycles. The molecule has 240 valence electrons. The van der Waals surface area contributed by atoms with E-state index in [1.807, 2.05) is 29.2 Å². The largest absolute Gasteiger partial charge is 0.416 e. The second kappa shape index (κ2) is 13.0. The van der Waals surface area contributed by atoms with Gasteiger partial charge in [0.05, 0.1) is 37.1 Å². The molecule has 0 spiro atoms. The lowest BCUT2D eigenvalue weighted by atomic mass is 9.96. The smallest absolute Gasteiger partial charge is 0.395 e.